The van der Waals surface area contributed by atoms with Crippen molar-refractivity contribution in [2.24, 2.45) is 16.0 Å². The van der Waals surface area contributed by atoms with Gasteiger partial charge in [0.1, 0.15) is 17.1 Å². The number of thioether (sulfide) groups is 2. The van der Waals surface area contributed by atoms with E-state index < -0.39 is 90.0 Å². The third-order valence-electron chi connectivity index (χ3n) is 7.63. The van der Waals surface area contributed by atoms with Gasteiger partial charge >= 0.3 is 18.0 Å². The van der Waals surface area contributed by atoms with Crippen molar-refractivity contribution >= 4 is 98.7 Å². The first-order valence-corrected chi connectivity index (χ1v) is 17.4. The molecule has 4 heterocycles. The maximum absolute atomic E-state index is 13.4. The number of nitrogens with two attached hydrogens (primary N) is 2. The van der Waals surface area contributed by atoms with E-state index in [2.05, 4.69) is 20.6 Å². The molecule has 0 spiro atoms. The Morgan fingerprint density at radius 3 is 2.45 bits per heavy atom. The number of nitrogens with zero attached hydrogens (tertiary/aromatic N) is 5. The summed E-state index contributed by atoms with van der Waals surface area (Å²) >= 11 is 9.03. The minimum Gasteiger partial charge on any atom is -0.504 e. The van der Waals surface area contributed by atoms with Crippen LogP contribution in [-0.4, -0.2) is 128 Å². The van der Waals surface area contributed by atoms with Crippen molar-refractivity contribution in [2.75, 3.05) is 25.4 Å². The summed E-state index contributed by atoms with van der Waals surface area (Å²) in [5.41, 5.74) is 9.84. The van der Waals surface area contributed by atoms with Gasteiger partial charge in [-0.1, -0.05) is 16.8 Å². The molecule has 3 fully saturated rings. The summed E-state index contributed by atoms with van der Waals surface area (Å²) in [6, 6.07) is -0.0264. The van der Waals surface area contributed by atoms with Gasteiger partial charge in [0, 0.05) is 29.3 Å². The highest BCUT2D eigenvalue weighted by atomic mass is 35.5. The third-order valence-corrected chi connectivity index (χ3v) is 12.0. The van der Waals surface area contributed by atoms with Crippen molar-refractivity contribution < 1.29 is 54.0 Å². The molecular formula is C27H28ClN9O11S3. The Hall–Kier alpha value is -5.00. The first kappa shape index (κ1) is 37.3. The smallest absolute Gasteiger partial charge is 0.350 e. The van der Waals surface area contributed by atoms with E-state index in [-0.39, 0.29) is 36.0 Å². The standard InChI is InChI=1S/C27H28ClN9O11S3/c1-26(2,22(43)44)48-35-15(11-7-49-25(30)31-11)18(40)32-16-20(42)37-8-27(23(45)46,51-21(16)37)50-9-5-36(6-9)19(41)14(33-34-24(29)47)10-3-4-12(38)17(39)13(10)28/h3-4,7,9,16,21,38-39H,5-6,8H2,1-2H3,(H2,30,31)(H,32,40)(H,43,44)(H,45,46)(H3,29,34,47)/b33-14-,35-15-/t16-,21-,27-/m1/s1. The molecule has 24 heteroatoms. The lowest BCUT2D eigenvalue weighted by atomic mass is 10.1. The van der Waals surface area contributed by atoms with Crippen LogP contribution in [0.25, 0.3) is 0 Å². The summed E-state index contributed by atoms with van der Waals surface area (Å²) in [5.74, 6) is -6.19. The van der Waals surface area contributed by atoms with E-state index >= 15 is 0 Å². The van der Waals surface area contributed by atoms with Gasteiger partial charge in [0.15, 0.2) is 32.1 Å². The second kappa shape index (κ2) is 14.0. The summed E-state index contributed by atoms with van der Waals surface area (Å²) in [7, 11) is 0. The van der Waals surface area contributed by atoms with Crippen LogP contribution < -0.4 is 22.2 Å². The van der Waals surface area contributed by atoms with Crippen LogP contribution >= 0.6 is 46.5 Å². The zero-order valence-corrected chi connectivity index (χ0v) is 29.4. The molecule has 0 unspecified atom stereocenters. The Bertz CT molecular complexity index is 1900. The van der Waals surface area contributed by atoms with Crippen LogP contribution in [0.5, 0.6) is 11.5 Å². The molecule has 3 saturated heterocycles. The highest BCUT2D eigenvalue weighted by molar-refractivity contribution is 8.20. The summed E-state index contributed by atoms with van der Waals surface area (Å²) in [6.07, 6.45) is 0. The summed E-state index contributed by atoms with van der Waals surface area (Å²) in [5, 5.41) is 49.2. The fourth-order valence-electron chi connectivity index (χ4n) is 4.82. The fraction of sp³-hybridized carbons (Fsp3) is 0.370. The van der Waals surface area contributed by atoms with Gasteiger partial charge in [-0.25, -0.2) is 24.8 Å². The number of benzene rings is 1. The molecule has 0 aliphatic carbocycles. The number of carbonyl (C=O) groups excluding carboxylic acids is 4. The second-order valence-corrected chi connectivity index (χ2v) is 16.1. The van der Waals surface area contributed by atoms with E-state index in [4.69, 9.17) is 27.9 Å². The van der Waals surface area contributed by atoms with Gasteiger partial charge in [0.25, 0.3) is 11.8 Å². The Kier molecular flexibility index (Phi) is 10.2. The topological polar surface area (TPSA) is 313 Å². The number of carbonyl (C=O) groups is 6. The van der Waals surface area contributed by atoms with E-state index in [1.165, 1.54) is 35.1 Å². The molecule has 272 valence electrons. The minimum absolute atomic E-state index is 0.0123. The number of hydrazone groups is 1. The molecule has 51 heavy (non-hydrogen) atoms. The van der Waals surface area contributed by atoms with Crippen LogP contribution in [0.4, 0.5) is 9.93 Å². The number of rotatable bonds is 12. The predicted molar refractivity (Wildman–Crippen MR) is 183 cm³/mol. The van der Waals surface area contributed by atoms with Gasteiger partial charge in [0.05, 0.1) is 11.6 Å². The van der Waals surface area contributed by atoms with E-state index in [9.17, 15) is 49.2 Å². The average molecular weight is 786 g/mol. The molecule has 0 saturated carbocycles. The summed E-state index contributed by atoms with van der Waals surface area (Å²) in [4.78, 5) is 87.0. The van der Waals surface area contributed by atoms with Crippen LogP contribution in [0, 0.1) is 0 Å². The number of phenolic OH excluding ortho intramolecular Hbond substituents is 2. The number of hydrogen-bond donors (Lipinski definition) is 8. The molecule has 5 rings (SSSR count). The third kappa shape index (κ3) is 7.27. The highest BCUT2D eigenvalue weighted by Crippen LogP contribution is 2.54. The number of carboxylic acids is 2. The van der Waals surface area contributed by atoms with Crippen molar-refractivity contribution in [3.05, 3.63) is 33.8 Å². The maximum Gasteiger partial charge on any atom is 0.350 e. The van der Waals surface area contributed by atoms with Gasteiger partial charge in [-0.05, 0) is 26.0 Å². The van der Waals surface area contributed by atoms with E-state index in [1.807, 2.05) is 5.43 Å². The van der Waals surface area contributed by atoms with E-state index in [0.29, 0.717) is 0 Å². The summed E-state index contributed by atoms with van der Waals surface area (Å²) < 4.78 is -1.59. The van der Waals surface area contributed by atoms with Gasteiger partial charge < -0.3 is 51.8 Å². The molecule has 0 bridgehead atoms. The van der Waals surface area contributed by atoms with Gasteiger partial charge in [0.2, 0.25) is 11.5 Å². The Balaban J connectivity index is 1.27. The molecule has 5 amide bonds. The van der Waals surface area contributed by atoms with Crippen molar-refractivity contribution in [3.8, 4) is 11.5 Å². The summed E-state index contributed by atoms with van der Waals surface area (Å²) in [6.45, 7) is 2.21. The molecule has 3 aliphatic heterocycles. The number of carboxylic acid groups (broad SMARTS) is 2. The number of β-lactam (4-membered cyclic amide) rings is 1. The van der Waals surface area contributed by atoms with Crippen LogP contribution in [0.2, 0.25) is 5.02 Å². The number of halogens is 1. The highest BCUT2D eigenvalue weighted by Gasteiger charge is 2.64. The molecule has 1 aromatic carbocycles. The van der Waals surface area contributed by atoms with Crippen molar-refractivity contribution in [3.63, 3.8) is 0 Å². The number of thiazole rings is 1. The number of aliphatic carboxylic acids is 2. The number of amides is 5. The average Bonchev–Trinajstić information content (AvgIpc) is 3.63. The quantitative estimate of drug-likeness (QED) is 0.0586. The monoisotopic (exact) mass is 785 g/mol. The van der Waals surface area contributed by atoms with Gasteiger partial charge in [-0.3, -0.25) is 14.4 Å². The molecular weight excluding hydrogens is 758 g/mol. The Morgan fingerprint density at radius 2 is 1.86 bits per heavy atom. The molecule has 1 aromatic heterocycles. The van der Waals surface area contributed by atoms with Crippen LogP contribution in [0.3, 0.4) is 0 Å². The number of aromatic nitrogens is 1. The lowest BCUT2D eigenvalue weighted by Crippen LogP contribution is -2.68. The Labute approximate surface area is 304 Å². The molecule has 2 aromatic rings. The lowest BCUT2D eigenvalue weighted by Gasteiger charge is -2.41. The number of fused-ring (bicyclic) bond motifs is 1. The van der Waals surface area contributed by atoms with E-state index in [1.54, 1.807) is 0 Å². The van der Waals surface area contributed by atoms with Crippen molar-refractivity contribution in [1.82, 2.24) is 25.5 Å². The largest absolute Gasteiger partial charge is 0.504 e. The van der Waals surface area contributed by atoms with Crippen LogP contribution in [-0.2, 0) is 28.8 Å². The van der Waals surface area contributed by atoms with Gasteiger partial charge in [-0.2, -0.15) is 5.10 Å². The number of anilines is 1. The van der Waals surface area contributed by atoms with Crippen molar-refractivity contribution in [2.45, 2.75) is 40.2 Å². The number of likely N-dealkylation sites (tertiary alicyclic amines) is 1. The normalized spacial score (nSPS) is 22.1. The van der Waals surface area contributed by atoms with Crippen LogP contribution in [0.15, 0.2) is 27.8 Å². The van der Waals surface area contributed by atoms with Gasteiger partial charge in [-0.15, -0.1) is 34.9 Å². The SMILES string of the molecule is CC(C)(O/N=C(\C(=O)N[C@@H]1C(=O)N2C[C@](SC3CN(C(=O)/C(=N\NC(N)=O)c4ccc(O)c(O)c4Cl)C3)(C(=O)O)S[C@H]12)c1csc(N)n1)C(=O)O. The number of hydrogen-bond acceptors (Lipinski definition) is 16. The Morgan fingerprint density at radius 1 is 1.18 bits per heavy atom. The molecule has 3 atom stereocenters. The second-order valence-electron chi connectivity index (χ2n) is 11.6. The van der Waals surface area contributed by atoms with Crippen LogP contribution in [0.1, 0.15) is 25.1 Å². The number of nitrogens with one attached hydrogen (secondary N) is 2. The molecule has 3 aliphatic rings. The van der Waals surface area contributed by atoms with E-state index in [0.717, 1.165) is 40.9 Å². The maximum atomic E-state index is 13.4. The lowest BCUT2D eigenvalue weighted by molar-refractivity contribution is -0.161. The first-order chi connectivity index (χ1) is 23.8. The number of urea groups is 1. The molecule has 20 nitrogen and oxygen atoms in total. The first-order valence-electron chi connectivity index (χ1n) is 14.4. The number of nitrogen functional groups attached to an aromatic ring is 1. The number of oxime groups is 1. The fourth-order valence-corrected chi connectivity index (χ4v) is 9.24. The molecule has 10 N–H and O–H groups in total. The van der Waals surface area contributed by atoms with Crippen molar-refractivity contribution in [1.29, 1.82) is 0 Å². The zero-order chi connectivity index (χ0) is 37.6. The number of aromatic hydroxyl groups is 2. The number of phenols is 2. The molecule has 0 radical (unpaired) electrons. The number of primary amides is 1. The predicted octanol–water partition coefficient (Wildman–Crippen LogP) is -0.429. The minimum atomic E-state index is -1.83. The zero-order valence-electron chi connectivity index (χ0n) is 26.2.